The number of Topliss-reactive ketones (excluding diaryl/α,β-unsaturated/α-hetero) is 1. The highest BCUT2D eigenvalue weighted by atomic mass is 19.1. The molecule has 0 bridgehead atoms. The average Bonchev–Trinajstić information content (AvgIpc) is 3.46. The van der Waals surface area contributed by atoms with Crippen molar-refractivity contribution in [1.82, 2.24) is 15.1 Å². The third kappa shape index (κ3) is 7.56. The molecule has 3 aromatic carbocycles. The Morgan fingerprint density at radius 1 is 1.00 bits per heavy atom. The molecule has 1 amide bonds. The fourth-order valence-corrected chi connectivity index (χ4v) is 6.67. The number of ether oxygens (including phenoxy) is 1. The topological polar surface area (TPSA) is 73.9 Å². The van der Waals surface area contributed by atoms with E-state index in [2.05, 4.69) is 27.5 Å². The fourth-order valence-electron chi connectivity index (χ4n) is 6.67. The normalized spacial score (nSPS) is 17.9. The van der Waals surface area contributed by atoms with Crippen LogP contribution in [0.5, 0.6) is 11.5 Å². The van der Waals surface area contributed by atoms with Crippen LogP contribution < -0.4 is 15.4 Å². The number of carbonyl (C=O) groups is 2. The van der Waals surface area contributed by atoms with E-state index >= 15 is 4.39 Å². The molecule has 2 saturated heterocycles. The van der Waals surface area contributed by atoms with Gasteiger partial charge in [-0.2, -0.15) is 0 Å². The first-order chi connectivity index (χ1) is 21.8. The minimum absolute atomic E-state index is 0.00428. The Morgan fingerprint density at radius 2 is 1.78 bits per heavy atom. The maximum Gasteiger partial charge on any atom is 0.254 e. The number of hydrogen-bond acceptors (Lipinski definition) is 6. The second-order valence-electron chi connectivity index (χ2n) is 12.5. The Morgan fingerprint density at radius 3 is 2.51 bits per heavy atom. The van der Waals surface area contributed by atoms with Gasteiger partial charge in [-0.15, -0.1) is 0 Å². The monoisotopic (exact) mass is 614 g/mol. The summed E-state index contributed by atoms with van der Waals surface area (Å²) < 4.78 is 22.7. The number of piperidine rings is 1. The zero-order valence-electron chi connectivity index (χ0n) is 27.2. The molecule has 0 spiro atoms. The fraction of sp³-hybridized carbons (Fsp3) is 0.459. The van der Waals surface area contributed by atoms with Crippen LogP contribution in [0.1, 0.15) is 66.9 Å². The molecular weight excluding hydrogens is 567 g/mol. The molecule has 5 rings (SSSR count). The van der Waals surface area contributed by atoms with Crippen molar-refractivity contribution in [2.75, 3.05) is 51.6 Å². The van der Waals surface area contributed by atoms with Crippen molar-refractivity contribution in [3.05, 3.63) is 76.6 Å². The number of aryl methyl sites for hydroxylation is 1. The summed E-state index contributed by atoms with van der Waals surface area (Å²) in [4.78, 5) is 31.8. The molecule has 0 radical (unpaired) electrons. The third-order valence-corrected chi connectivity index (χ3v) is 9.40. The average molecular weight is 615 g/mol. The van der Waals surface area contributed by atoms with Crippen LogP contribution in [0.4, 0.5) is 10.1 Å². The van der Waals surface area contributed by atoms with Gasteiger partial charge >= 0.3 is 0 Å². The molecule has 1 atom stereocenters. The summed E-state index contributed by atoms with van der Waals surface area (Å²) in [7, 11) is 2.10. The summed E-state index contributed by atoms with van der Waals surface area (Å²) in [5, 5.41) is 8.12. The Balaban J connectivity index is 1.44. The summed E-state index contributed by atoms with van der Waals surface area (Å²) in [6.07, 6.45) is 8.20. The van der Waals surface area contributed by atoms with Gasteiger partial charge in [0.15, 0.2) is 17.3 Å². The van der Waals surface area contributed by atoms with Crippen LogP contribution in [-0.4, -0.2) is 73.8 Å². The molecule has 3 aromatic rings. The molecule has 45 heavy (non-hydrogen) atoms. The van der Waals surface area contributed by atoms with Gasteiger partial charge < -0.3 is 25.2 Å². The number of nitrogens with one attached hydrogen (secondary N) is 2. The number of carbonyl (C=O) groups excluding carboxylic acids is 2. The van der Waals surface area contributed by atoms with E-state index in [1.165, 1.54) is 31.4 Å². The van der Waals surface area contributed by atoms with Crippen molar-refractivity contribution < 1.29 is 18.7 Å². The first kappa shape index (κ1) is 32.6. The van der Waals surface area contributed by atoms with E-state index in [4.69, 9.17) is 4.74 Å². The van der Waals surface area contributed by atoms with Gasteiger partial charge in [0, 0.05) is 42.2 Å². The summed E-state index contributed by atoms with van der Waals surface area (Å²) in [5.74, 6) is -0.685. The molecule has 7 nitrogen and oxygen atoms in total. The van der Waals surface area contributed by atoms with Crippen LogP contribution in [0.25, 0.3) is 10.8 Å². The van der Waals surface area contributed by atoms with Crippen molar-refractivity contribution in [3.8, 4) is 11.5 Å². The number of ketones is 1. The van der Waals surface area contributed by atoms with Crippen molar-refractivity contribution in [1.29, 1.82) is 0 Å². The summed E-state index contributed by atoms with van der Waals surface area (Å²) >= 11 is 0. The molecule has 2 N–H and O–H groups in total. The summed E-state index contributed by atoms with van der Waals surface area (Å²) in [5.41, 5.74) is 1.71. The second-order valence-corrected chi connectivity index (χ2v) is 12.5. The van der Waals surface area contributed by atoms with Gasteiger partial charge in [0.1, 0.15) is 11.4 Å². The SMILES string of the molecule is C/C=C(/C(=O)NCCC1CCCN1C)C(=O)c1cc(F)c(NCCN2CCCCC2)c(Oc2c(C)ccc3ccccc23)c1C. The lowest BCUT2D eigenvalue weighted by Gasteiger charge is -2.27. The number of allylic oxidation sites excluding steroid dienone is 1. The zero-order valence-corrected chi connectivity index (χ0v) is 27.2. The standard InChI is InChI=1S/C37H47FN4O3/c1-5-29(37(44)40-18-17-28-13-11-20-41(28)4)34(43)31-24-32(38)33(39-19-23-42-21-9-6-10-22-42)36(26(31)3)45-35-25(2)15-16-27-12-7-8-14-30(27)35/h5,7-8,12,14-16,24,28,39H,6,9-11,13,17-23H2,1-4H3,(H,40,44)/b29-5+. The van der Waals surface area contributed by atoms with Gasteiger partial charge in [0.25, 0.3) is 5.91 Å². The molecule has 1 unspecified atom stereocenters. The molecule has 2 fully saturated rings. The predicted molar refractivity (Wildman–Crippen MR) is 180 cm³/mol. The van der Waals surface area contributed by atoms with Gasteiger partial charge in [-0.05, 0) is 96.6 Å². The molecule has 0 aliphatic carbocycles. The Hall–Kier alpha value is -3.75. The van der Waals surface area contributed by atoms with Gasteiger partial charge in [-0.3, -0.25) is 9.59 Å². The number of fused-ring (bicyclic) bond motifs is 1. The van der Waals surface area contributed by atoms with Crippen molar-refractivity contribution in [3.63, 3.8) is 0 Å². The van der Waals surface area contributed by atoms with Gasteiger partial charge in [0.05, 0.1) is 5.57 Å². The third-order valence-electron chi connectivity index (χ3n) is 9.40. The van der Waals surface area contributed by atoms with Crippen molar-refractivity contribution >= 4 is 28.2 Å². The van der Waals surface area contributed by atoms with Gasteiger partial charge in [-0.1, -0.05) is 48.9 Å². The molecule has 2 heterocycles. The van der Waals surface area contributed by atoms with E-state index in [9.17, 15) is 9.59 Å². The number of amides is 1. The predicted octanol–water partition coefficient (Wildman–Crippen LogP) is 7.02. The van der Waals surface area contributed by atoms with Crippen molar-refractivity contribution in [2.45, 2.75) is 65.3 Å². The van der Waals surface area contributed by atoms with E-state index in [1.54, 1.807) is 13.8 Å². The van der Waals surface area contributed by atoms with Crippen LogP contribution in [-0.2, 0) is 4.79 Å². The highest BCUT2D eigenvalue weighted by molar-refractivity contribution is 6.26. The zero-order chi connectivity index (χ0) is 31.9. The first-order valence-corrected chi connectivity index (χ1v) is 16.4. The van der Waals surface area contributed by atoms with E-state index in [0.29, 0.717) is 30.4 Å². The lowest BCUT2D eigenvalue weighted by molar-refractivity contribution is -0.117. The van der Waals surface area contributed by atoms with Crippen LogP contribution in [0, 0.1) is 19.7 Å². The molecule has 8 heteroatoms. The quantitative estimate of drug-likeness (QED) is 0.0989. The summed E-state index contributed by atoms with van der Waals surface area (Å²) in [6, 6.07) is 13.6. The highest BCUT2D eigenvalue weighted by Gasteiger charge is 2.27. The lowest BCUT2D eigenvalue weighted by Crippen LogP contribution is -2.34. The van der Waals surface area contributed by atoms with Crippen LogP contribution in [0.15, 0.2) is 54.1 Å². The molecule has 2 aliphatic heterocycles. The number of rotatable bonds is 12. The highest BCUT2D eigenvalue weighted by Crippen LogP contribution is 2.41. The number of anilines is 1. The minimum atomic E-state index is -0.587. The van der Waals surface area contributed by atoms with E-state index in [0.717, 1.165) is 61.8 Å². The first-order valence-electron chi connectivity index (χ1n) is 16.4. The number of benzene rings is 3. The molecule has 0 aromatic heterocycles. The van der Waals surface area contributed by atoms with Crippen molar-refractivity contribution in [2.24, 2.45) is 0 Å². The Labute approximate surface area is 266 Å². The van der Waals surface area contributed by atoms with Gasteiger partial charge in [0.2, 0.25) is 0 Å². The maximum atomic E-state index is 16.1. The molecule has 240 valence electrons. The molecule has 2 aliphatic rings. The maximum absolute atomic E-state index is 16.1. The number of halogens is 1. The van der Waals surface area contributed by atoms with E-state index in [1.807, 2.05) is 43.3 Å². The number of likely N-dealkylation sites (tertiary alicyclic amines) is 2. The van der Waals surface area contributed by atoms with Crippen LogP contribution in [0.3, 0.4) is 0 Å². The minimum Gasteiger partial charge on any atom is -0.454 e. The number of nitrogens with zero attached hydrogens (tertiary/aromatic N) is 2. The Bertz CT molecular complexity index is 1560. The smallest absolute Gasteiger partial charge is 0.254 e. The van der Waals surface area contributed by atoms with Gasteiger partial charge in [-0.25, -0.2) is 4.39 Å². The molecular formula is C37H47FN4O3. The Kier molecular flexibility index (Phi) is 10.9. The van der Waals surface area contributed by atoms with Crippen LogP contribution >= 0.6 is 0 Å². The summed E-state index contributed by atoms with van der Waals surface area (Å²) in [6.45, 7) is 10.3. The van der Waals surface area contributed by atoms with E-state index < -0.39 is 17.5 Å². The largest absolute Gasteiger partial charge is 0.454 e. The lowest BCUT2D eigenvalue weighted by atomic mass is 9.96. The van der Waals surface area contributed by atoms with Crippen LogP contribution in [0.2, 0.25) is 0 Å². The van der Waals surface area contributed by atoms with E-state index in [-0.39, 0.29) is 22.6 Å². The second kappa shape index (κ2) is 15.0. The number of hydrogen-bond donors (Lipinski definition) is 2. The molecule has 0 saturated carbocycles.